The quantitative estimate of drug-likeness (QED) is 0.917. The van der Waals surface area contributed by atoms with Crippen molar-refractivity contribution in [1.29, 1.82) is 0 Å². The van der Waals surface area contributed by atoms with Crippen LogP contribution in [0.2, 0.25) is 0 Å². The highest BCUT2D eigenvalue weighted by Gasteiger charge is 2.34. The largest absolute Gasteiger partial charge is 0.389 e. The highest BCUT2D eigenvalue weighted by Crippen LogP contribution is 2.32. The molecule has 116 valence electrons. The van der Waals surface area contributed by atoms with Crippen molar-refractivity contribution >= 4 is 5.91 Å². The number of likely N-dealkylation sites (tertiary alicyclic amines) is 1. The van der Waals surface area contributed by atoms with Crippen LogP contribution in [0.4, 0.5) is 0 Å². The number of rotatable bonds is 3. The first-order chi connectivity index (χ1) is 10.2. The maximum Gasteiger partial charge on any atom is 0.225 e. The predicted octanol–water partition coefficient (Wildman–Crippen LogP) is 1.53. The van der Waals surface area contributed by atoms with Crippen LogP contribution in [-0.2, 0) is 4.79 Å². The summed E-state index contributed by atoms with van der Waals surface area (Å²) < 4.78 is 1.89. The van der Waals surface area contributed by atoms with E-state index < -0.39 is 5.60 Å². The second-order valence-electron chi connectivity index (χ2n) is 6.46. The molecule has 2 fully saturated rings. The number of aromatic nitrogens is 3. The van der Waals surface area contributed by atoms with Crippen LogP contribution in [0.3, 0.4) is 0 Å². The summed E-state index contributed by atoms with van der Waals surface area (Å²) in [4.78, 5) is 14.3. The summed E-state index contributed by atoms with van der Waals surface area (Å²) in [5.41, 5.74) is -0.752. The van der Waals surface area contributed by atoms with E-state index in [4.69, 9.17) is 0 Å². The summed E-state index contributed by atoms with van der Waals surface area (Å²) in [7, 11) is 0. The third kappa shape index (κ3) is 3.43. The molecule has 1 aliphatic heterocycles. The number of hydrogen-bond donors (Lipinski definition) is 1. The van der Waals surface area contributed by atoms with E-state index in [1.807, 2.05) is 15.8 Å². The van der Waals surface area contributed by atoms with Gasteiger partial charge in [-0.25, -0.2) is 4.68 Å². The van der Waals surface area contributed by atoms with E-state index >= 15 is 0 Å². The highest BCUT2D eigenvalue weighted by atomic mass is 16.3. The number of hydrogen-bond acceptors (Lipinski definition) is 4. The van der Waals surface area contributed by atoms with Crippen molar-refractivity contribution in [3.05, 3.63) is 12.4 Å². The third-order valence-electron chi connectivity index (χ3n) is 4.90. The molecule has 0 atom stereocenters. The van der Waals surface area contributed by atoms with Crippen LogP contribution >= 0.6 is 0 Å². The SMILES string of the molecule is O=C(CC1(O)CCCCC1)N1CCC(n2ccnn2)CC1. The molecule has 1 N–H and O–H groups in total. The average molecular weight is 292 g/mol. The molecule has 21 heavy (non-hydrogen) atoms. The number of carbonyl (C=O) groups is 1. The van der Waals surface area contributed by atoms with E-state index in [2.05, 4.69) is 10.3 Å². The summed E-state index contributed by atoms with van der Waals surface area (Å²) in [5, 5.41) is 18.4. The Kier molecular flexibility index (Phi) is 4.24. The van der Waals surface area contributed by atoms with Gasteiger partial charge in [-0.3, -0.25) is 4.79 Å². The van der Waals surface area contributed by atoms with Gasteiger partial charge < -0.3 is 10.0 Å². The standard InChI is InChI=1S/C15H24N4O2/c20-14(12-15(21)6-2-1-3-7-15)18-9-4-13(5-10-18)19-11-8-16-17-19/h8,11,13,21H,1-7,9-10,12H2. The molecule has 3 rings (SSSR count). The molecule has 1 aromatic rings. The number of carbonyl (C=O) groups excluding carboxylic acids is 1. The number of nitrogens with zero attached hydrogens (tertiary/aromatic N) is 4. The minimum absolute atomic E-state index is 0.108. The number of piperidine rings is 1. The third-order valence-corrected chi connectivity index (χ3v) is 4.90. The molecule has 0 bridgehead atoms. The van der Waals surface area contributed by atoms with Crippen LogP contribution in [0.25, 0.3) is 0 Å². The van der Waals surface area contributed by atoms with E-state index in [1.165, 1.54) is 6.42 Å². The zero-order valence-electron chi connectivity index (χ0n) is 12.4. The Labute approximate surface area is 125 Å². The topological polar surface area (TPSA) is 71.2 Å². The molecule has 0 radical (unpaired) electrons. The fourth-order valence-electron chi connectivity index (χ4n) is 3.57. The molecular formula is C15H24N4O2. The van der Waals surface area contributed by atoms with Gasteiger partial charge >= 0.3 is 0 Å². The number of amides is 1. The molecule has 0 unspecified atom stereocenters. The van der Waals surface area contributed by atoms with E-state index in [1.54, 1.807) is 6.20 Å². The first kappa shape index (κ1) is 14.5. The Balaban J connectivity index is 1.50. The molecule has 2 aliphatic rings. The van der Waals surface area contributed by atoms with Crippen molar-refractivity contribution in [2.75, 3.05) is 13.1 Å². The minimum Gasteiger partial charge on any atom is -0.389 e. The fourth-order valence-corrected chi connectivity index (χ4v) is 3.57. The number of aliphatic hydroxyl groups is 1. The minimum atomic E-state index is -0.752. The van der Waals surface area contributed by atoms with Gasteiger partial charge in [-0.1, -0.05) is 24.5 Å². The molecule has 0 aromatic carbocycles. The molecule has 1 amide bonds. The molecule has 6 heteroatoms. The molecular weight excluding hydrogens is 268 g/mol. The summed E-state index contributed by atoms with van der Waals surface area (Å²) in [6, 6.07) is 0.342. The Hall–Kier alpha value is -1.43. The van der Waals surface area contributed by atoms with Crippen molar-refractivity contribution in [2.24, 2.45) is 0 Å². The van der Waals surface area contributed by atoms with Crippen molar-refractivity contribution in [3.8, 4) is 0 Å². The van der Waals surface area contributed by atoms with E-state index in [-0.39, 0.29) is 5.91 Å². The Bertz CT molecular complexity index is 460. The molecule has 1 saturated heterocycles. The molecule has 1 aliphatic carbocycles. The summed E-state index contributed by atoms with van der Waals surface area (Å²) in [6.07, 6.45) is 10.5. The van der Waals surface area contributed by atoms with Gasteiger partial charge in [0.05, 0.1) is 24.3 Å². The Morgan fingerprint density at radius 3 is 2.57 bits per heavy atom. The van der Waals surface area contributed by atoms with Crippen molar-refractivity contribution in [3.63, 3.8) is 0 Å². The predicted molar refractivity (Wildman–Crippen MR) is 77.5 cm³/mol. The Morgan fingerprint density at radius 1 is 1.24 bits per heavy atom. The summed E-state index contributed by atoms with van der Waals surface area (Å²) in [5.74, 6) is 0.108. The zero-order chi connectivity index (χ0) is 14.7. The smallest absolute Gasteiger partial charge is 0.225 e. The zero-order valence-corrected chi connectivity index (χ0v) is 12.4. The van der Waals surface area contributed by atoms with Gasteiger partial charge in [0, 0.05) is 19.3 Å². The lowest BCUT2D eigenvalue weighted by molar-refractivity contribution is -0.139. The van der Waals surface area contributed by atoms with Crippen molar-refractivity contribution in [2.45, 2.75) is 63.0 Å². The van der Waals surface area contributed by atoms with Crippen molar-refractivity contribution < 1.29 is 9.90 Å². The average Bonchev–Trinajstić information content (AvgIpc) is 3.02. The second-order valence-corrected chi connectivity index (χ2v) is 6.46. The monoisotopic (exact) mass is 292 g/mol. The van der Waals surface area contributed by atoms with Gasteiger partial charge in [0.2, 0.25) is 5.91 Å². The van der Waals surface area contributed by atoms with Crippen LogP contribution in [0.5, 0.6) is 0 Å². The van der Waals surface area contributed by atoms with Crippen LogP contribution in [0, 0.1) is 0 Å². The van der Waals surface area contributed by atoms with Crippen LogP contribution in [-0.4, -0.2) is 49.6 Å². The molecule has 6 nitrogen and oxygen atoms in total. The van der Waals surface area contributed by atoms with Gasteiger partial charge in [-0.15, -0.1) is 5.10 Å². The summed E-state index contributed by atoms with van der Waals surface area (Å²) >= 11 is 0. The maximum atomic E-state index is 12.4. The second kappa shape index (κ2) is 6.13. The fraction of sp³-hybridized carbons (Fsp3) is 0.800. The maximum absolute atomic E-state index is 12.4. The van der Waals surface area contributed by atoms with E-state index in [0.717, 1.165) is 51.6 Å². The first-order valence-corrected chi connectivity index (χ1v) is 8.02. The van der Waals surface area contributed by atoms with Gasteiger partial charge in [0.1, 0.15) is 0 Å². The van der Waals surface area contributed by atoms with E-state index in [9.17, 15) is 9.90 Å². The summed E-state index contributed by atoms with van der Waals surface area (Å²) in [6.45, 7) is 1.50. The van der Waals surface area contributed by atoms with Gasteiger partial charge in [-0.05, 0) is 25.7 Å². The van der Waals surface area contributed by atoms with Gasteiger partial charge in [0.25, 0.3) is 0 Å². The van der Waals surface area contributed by atoms with Crippen molar-refractivity contribution in [1.82, 2.24) is 19.9 Å². The highest BCUT2D eigenvalue weighted by molar-refractivity contribution is 5.77. The normalized spacial score (nSPS) is 23.2. The molecule has 0 spiro atoms. The van der Waals surface area contributed by atoms with Gasteiger partial charge in [0.15, 0.2) is 0 Å². The van der Waals surface area contributed by atoms with Crippen LogP contribution < -0.4 is 0 Å². The Morgan fingerprint density at radius 2 is 1.95 bits per heavy atom. The van der Waals surface area contributed by atoms with E-state index in [0.29, 0.717) is 12.5 Å². The lowest BCUT2D eigenvalue weighted by atomic mass is 9.82. The van der Waals surface area contributed by atoms with Crippen LogP contribution in [0.1, 0.15) is 57.4 Å². The first-order valence-electron chi connectivity index (χ1n) is 8.02. The van der Waals surface area contributed by atoms with Gasteiger partial charge in [-0.2, -0.15) is 0 Å². The molecule has 1 aromatic heterocycles. The lowest BCUT2D eigenvalue weighted by Crippen LogP contribution is -2.44. The molecule has 1 saturated carbocycles. The molecule has 2 heterocycles. The lowest BCUT2D eigenvalue weighted by Gasteiger charge is -2.36. The van der Waals surface area contributed by atoms with Crippen LogP contribution in [0.15, 0.2) is 12.4 Å².